The van der Waals surface area contributed by atoms with Gasteiger partial charge in [-0.05, 0) is 19.3 Å². The largest absolute Gasteiger partial charge is 0.478 e. The van der Waals surface area contributed by atoms with Crippen LogP contribution in [0.5, 0.6) is 0 Å². The summed E-state index contributed by atoms with van der Waals surface area (Å²) in [6, 6.07) is 0. The zero-order valence-corrected chi connectivity index (χ0v) is 15.9. The number of carboxylic acid groups (broad SMARTS) is 1. The number of hydrogen-bond acceptors (Lipinski definition) is 5. The van der Waals surface area contributed by atoms with Gasteiger partial charge in [-0.2, -0.15) is 0 Å². The molecular formula is C19H32O6. The molecule has 0 aliphatic carbocycles. The monoisotopic (exact) mass is 356 g/mol. The quantitative estimate of drug-likeness (QED) is 0.377. The first kappa shape index (κ1) is 27.5. The summed E-state index contributed by atoms with van der Waals surface area (Å²) in [4.78, 5) is 30.1. The highest BCUT2D eigenvalue weighted by atomic mass is 16.5. The number of hydrogen-bond donors (Lipinski definition) is 1. The van der Waals surface area contributed by atoms with Gasteiger partial charge in [0.1, 0.15) is 0 Å². The van der Waals surface area contributed by atoms with E-state index < -0.39 is 5.97 Å². The van der Waals surface area contributed by atoms with Gasteiger partial charge in [-0.3, -0.25) is 4.79 Å². The van der Waals surface area contributed by atoms with Crippen LogP contribution in [0.1, 0.15) is 53.4 Å². The fourth-order valence-corrected chi connectivity index (χ4v) is 1.27. The van der Waals surface area contributed by atoms with Crippen molar-refractivity contribution in [2.75, 3.05) is 6.61 Å². The van der Waals surface area contributed by atoms with Crippen molar-refractivity contribution >= 4 is 17.9 Å². The second-order valence-corrected chi connectivity index (χ2v) is 5.11. The maximum absolute atomic E-state index is 10.8. The molecule has 0 saturated heterocycles. The summed E-state index contributed by atoms with van der Waals surface area (Å²) in [6.45, 7) is 17.3. The summed E-state index contributed by atoms with van der Waals surface area (Å²) in [5.41, 5.74) is 0.176. The minimum atomic E-state index is -0.935. The lowest BCUT2D eigenvalue weighted by molar-refractivity contribution is -0.139. The van der Waals surface area contributed by atoms with Gasteiger partial charge in [-0.1, -0.05) is 52.8 Å². The van der Waals surface area contributed by atoms with E-state index in [1.54, 1.807) is 0 Å². The number of unbranched alkanes of at least 4 members (excludes halogenated alkanes) is 1. The highest BCUT2D eigenvalue weighted by molar-refractivity contribution is 5.84. The van der Waals surface area contributed by atoms with Crippen LogP contribution in [-0.4, -0.2) is 29.6 Å². The van der Waals surface area contributed by atoms with Gasteiger partial charge in [-0.25, -0.2) is 9.59 Å². The molecule has 0 aliphatic heterocycles. The number of carbonyl (C=O) groups is 3. The van der Waals surface area contributed by atoms with Crippen LogP contribution in [0, 0.1) is 5.92 Å². The van der Waals surface area contributed by atoms with Gasteiger partial charge in [-0.15, -0.1) is 0 Å². The van der Waals surface area contributed by atoms with Crippen LogP contribution < -0.4 is 0 Å². The first-order chi connectivity index (χ1) is 11.7. The van der Waals surface area contributed by atoms with E-state index in [9.17, 15) is 14.4 Å². The summed E-state index contributed by atoms with van der Waals surface area (Å²) < 4.78 is 9.15. The molecule has 0 amide bonds. The Morgan fingerprint density at radius 3 is 1.92 bits per heavy atom. The van der Waals surface area contributed by atoms with Gasteiger partial charge in [0.2, 0.25) is 0 Å². The normalized spacial score (nSPS) is 9.76. The summed E-state index contributed by atoms with van der Waals surface area (Å²) >= 11 is 0. The molecule has 1 N–H and O–H groups in total. The summed E-state index contributed by atoms with van der Waals surface area (Å²) in [5, 5.41) is 7.89. The molecule has 25 heavy (non-hydrogen) atoms. The predicted octanol–water partition coefficient (Wildman–Crippen LogP) is 4.27. The number of aliphatic carboxylic acids is 1. The molecule has 0 rings (SSSR count). The maximum Gasteiger partial charge on any atom is 0.330 e. The summed E-state index contributed by atoms with van der Waals surface area (Å²) in [6.07, 6.45) is 6.95. The molecule has 0 heterocycles. The molecule has 144 valence electrons. The SMILES string of the molecule is C=C(C)C(=O)O.C=CC(=O)OCC(CC)CCCC.C=COC(C)=O. The van der Waals surface area contributed by atoms with Crippen LogP contribution in [0.3, 0.4) is 0 Å². The molecule has 1 unspecified atom stereocenters. The van der Waals surface area contributed by atoms with Crippen molar-refractivity contribution in [3.63, 3.8) is 0 Å². The Morgan fingerprint density at radius 1 is 1.16 bits per heavy atom. The fourth-order valence-electron chi connectivity index (χ4n) is 1.27. The third-order valence-corrected chi connectivity index (χ3v) is 2.79. The summed E-state index contributed by atoms with van der Waals surface area (Å²) in [7, 11) is 0. The number of carbonyl (C=O) groups excluding carboxylic acids is 2. The Labute approximate surface area is 151 Å². The van der Waals surface area contributed by atoms with E-state index in [1.165, 1.54) is 32.8 Å². The number of ether oxygens (including phenoxy) is 2. The van der Waals surface area contributed by atoms with Crippen LogP contribution in [0.2, 0.25) is 0 Å². The molecule has 0 fully saturated rings. The van der Waals surface area contributed by atoms with Gasteiger partial charge in [0.25, 0.3) is 0 Å². The molecule has 0 bridgehead atoms. The maximum atomic E-state index is 10.8. The van der Waals surface area contributed by atoms with Crippen molar-refractivity contribution in [3.8, 4) is 0 Å². The third-order valence-electron chi connectivity index (χ3n) is 2.79. The van der Waals surface area contributed by atoms with E-state index >= 15 is 0 Å². The van der Waals surface area contributed by atoms with Crippen molar-refractivity contribution in [2.24, 2.45) is 5.92 Å². The lowest BCUT2D eigenvalue weighted by Gasteiger charge is -2.13. The molecule has 0 aromatic heterocycles. The van der Waals surface area contributed by atoms with Crippen molar-refractivity contribution in [3.05, 3.63) is 37.6 Å². The smallest absolute Gasteiger partial charge is 0.330 e. The number of rotatable bonds is 9. The highest BCUT2D eigenvalue weighted by Gasteiger charge is 2.07. The molecular weight excluding hydrogens is 324 g/mol. The van der Waals surface area contributed by atoms with Gasteiger partial charge in [0, 0.05) is 18.6 Å². The molecule has 0 spiro atoms. The topological polar surface area (TPSA) is 89.9 Å². The average molecular weight is 356 g/mol. The molecule has 6 heteroatoms. The number of carboxylic acids is 1. The van der Waals surface area contributed by atoms with Crippen LogP contribution >= 0.6 is 0 Å². The van der Waals surface area contributed by atoms with Crippen molar-refractivity contribution in [1.29, 1.82) is 0 Å². The van der Waals surface area contributed by atoms with E-state index in [0.29, 0.717) is 12.5 Å². The van der Waals surface area contributed by atoms with E-state index in [0.717, 1.165) is 19.1 Å². The molecule has 0 aromatic carbocycles. The lowest BCUT2D eigenvalue weighted by atomic mass is 10.0. The predicted molar refractivity (Wildman–Crippen MR) is 98.9 cm³/mol. The third kappa shape index (κ3) is 26.8. The Morgan fingerprint density at radius 2 is 1.68 bits per heavy atom. The molecule has 0 aromatic rings. The van der Waals surface area contributed by atoms with Crippen molar-refractivity contribution in [2.45, 2.75) is 53.4 Å². The van der Waals surface area contributed by atoms with E-state index in [4.69, 9.17) is 9.84 Å². The Hall–Kier alpha value is -2.37. The van der Waals surface area contributed by atoms with E-state index in [1.807, 2.05) is 0 Å². The van der Waals surface area contributed by atoms with Gasteiger partial charge in [0.15, 0.2) is 0 Å². The molecule has 0 aliphatic rings. The zero-order chi connectivity index (χ0) is 20.3. The van der Waals surface area contributed by atoms with Crippen LogP contribution in [-0.2, 0) is 23.9 Å². The average Bonchev–Trinajstić information content (AvgIpc) is 2.55. The number of esters is 2. The molecule has 6 nitrogen and oxygen atoms in total. The van der Waals surface area contributed by atoms with Crippen LogP contribution in [0.4, 0.5) is 0 Å². The van der Waals surface area contributed by atoms with E-state index in [-0.39, 0.29) is 17.5 Å². The van der Waals surface area contributed by atoms with Crippen LogP contribution in [0.15, 0.2) is 37.6 Å². The van der Waals surface area contributed by atoms with E-state index in [2.05, 4.69) is 38.3 Å². The molecule has 1 atom stereocenters. The van der Waals surface area contributed by atoms with Crippen molar-refractivity contribution in [1.82, 2.24) is 0 Å². The molecule has 0 radical (unpaired) electrons. The molecule has 0 saturated carbocycles. The Kier molecular flexibility index (Phi) is 21.6. The standard InChI is InChI=1S/C11H20O2.2C4H6O2/c1-4-7-8-10(5-2)9-13-11(12)6-3;1-3-6-4(2)5;1-3(2)4(5)6/h6,10H,3-5,7-9H2,1-2H3;3H,1H2,2H3;1H2,2H3,(H,5,6). The van der Waals surface area contributed by atoms with Gasteiger partial charge >= 0.3 is 17.9 Å². The highest BCUT2D eigenvalue weighted by Crippen LogP contribution is 2.12. The minimum Gasteiger partial charge on any atom is -0.478 e. The lowest BCUT2D eigenvalue weighted by Crippen LogP contribution is -2.12. The Balaban J connectivity index is -0.000000336. The Bertz CT molecular complexity index is 414. The first-order valence-corrected chi connectivity index (χ1v) is 8.12. The van der Waals surface area contributed by atoms with Gasteiger partial charge < -0.3 is 14.6 Å². The summed E-state index contributed by atoms with van der Waals surface area (Å²) in [5.74, 6) is -1.06. The zero-order valence-electron chi connectivity index (χ0n) is 15.9. The van der Waals surface area contributed by atoms with Crippen molar-refractivity contribution < 1.29 is 29.0 Å². The minimum absolute atomic E-state index is 0.176. The fraction of sp³-hybridized carbons (Fsp3) is 0.526. The van der Waals surface area contributed by atoms with Crippen LogP contribution in [0.25, 0.3) is 0 Å². The second-order valence-electron chi connectivity index (χ2n) is 5.11. The van der Waals surface area contributed by atoms with Gasteiger partial charge in [0.05, 0.1) is 12.9 Å². The first-order valence-electron chi connectivity index (χ1n) is 8.12. The second kappa shape index (κ2) is 19.7.